The standard InChI is InChI=1S/C17H31N3O2S/c1-6-8-13(18)15(21)20-16-19-11-14(23-16)12(2)9-7-10-17(3,4)22-5/h11-13H,6-10,18H2,1-5H3,(H,19,20,21)/t12?,13-/m0/s1. The number of amides is 1. The number of carbonyl (C=O) groups excluding carboxylic acids is 1. The summed E-state index contributed by atoms with van der Waals surface area (Å²) in [6.45, 7) is 8.43. The number of methoxy groups -OCH3 is 1. The van der Waals surface area contributed by atoms with E-state index in [4.69, 9.17) is 10.5 Å². The highest BCUT2D eigenvalue weighted by Gasteiger charge is 2.18. The second-order valence-electron chi connectivity index (χ2n) is 6.71. The Morgan fingerprint density at radius 1 is 1.48 bits per heavy atom. The van der Waals surface area contributed by atoms with Crippen LogP contribution in [0.1, 0.15) is 70.6 Å². The van der Waals surface area contributed by atoms with Crippen molar-refractivity contribution in [2.45, 2.75) is 77.4 Å². The molecule has 1 aromatic rings. The van der Waals surface area contributed by atoms with Gasteiger partial charge in [0.2, 0.25) is 5.91 Å². The van der Waals surface area contributed by atoms with Gasteiger partial charge in [0, 0.05) is 18.2 Å². The molecule has 1 rings (SSSR count). The van der Waals surface area contributed by atoms with Gasteiger partial charge in [0.1, 0.15) is 0 Å². The molecule has 0 saturated heterocycles. The number of ether oxygens (including phenoxy) is 1. The van der Waals surface area contributed by atoms with E-state index in [0.717, 1.165) is 25.7 Å². The highest BCUT2D eigenvalue weighted by molar-refractivity contribution is 7.15. The number of hydrogen-bond acceptors (Lipinski definition) is 5. The number of aromatic nitrogens is 1. The van der Waals surface area contributed by atoms with E-state index in [1.54, 1.807) is 7.11 Å². The third kappa shape index (κ3) is 6.97. The molecule has 0 aliphatic rings. The number of nitrogens with zero attached hydrogens (tertiary/aromatic N) is 1. The van der Waals surface area contributed by atoms with E-state index in [9.17, 15) is 4.79 Å². The summed E-state index contributed by atoms with van der Waals surface area (Å²) in [5.74, 6) is 0.275. The fourth-order valence-electron chi connectivity index (χ4n) is 2.29. The Hall–Kier alpha value is -0.980. The Morgan fingerprint density at radius 3 is 2.78 bits per heavy atom. The SMILES string of the molecule is CCC[C@H](N)C(=O)Nc1ncc(C(C)CCCC(C)(C)OC)s1. The molecule has 0 aromatic carbocycles. The maximum absolute atomic E-state index is 11.9. The molecule has 0 aliphatic heterocycles. The molecular weight excluding hydrogens is 310 g/mol. The summed E-state index contributed by atoms with van der Waals surface area (Å²) in [6.07, 6.45) is 6.66. The van der Waals surface area contributed by atoms with Crippen LogP contribution in [0.4, 0.5) is 5.13 Å². The maximum Gasteiger partial charge on any atom is 0.243 e. The lowest BCUT2D eigenvalue weighted by molar-refractivity contribution is -0.117. The zero-order valence-electron chi connectivity index (χ0n) is 15.0. The van der Waals surface area contributed by atoms with Gasteiger partial charge in [0.05, 0.1) is 11.6 Å². The van der Waals surface area contributed by atoms with Gasteiger partial charge in [-0.05, 0) is 45.4 Å². The van der Waals surface area contributed by atoms with Crippen LogP contribution in [0.2, 0.25) is 0 Å². The number of anilines is 1. The molecule has 0 bridgehead atoms. The van der Waals surface area contributed by atoms with E-state index < -0.39 is 6.04 Å². The second kappa shape index (κ2) is 9.35. The molecule has 1 amide bonds. The first-order valence-electron chi connectivity index (χ1n) is 8.36. The Kier molecular flexibility index (Phi) is 8.16. The van der Waals surface area contributed by atoms with Gasteiger partial charge < -0.3 is 15.8 Å². The van der Waals surface area contributed by atoms with Crippen LogP contribution in [0, 0.1) is 0 Å². The summed E-state index contributed by atoms with van der Waals surface area (Å²) < 4.78 is 5.45. The zero-order chi connectivity index (χ0) is 17.5. The van der Waals surface area contributed by atoms with E-state index >= 15 is 0 Å². The van der Waals surface area contributed by atoms with Gasteiger partial charge in [-0.1, -0.05) is 20.3 Å². The molecule has 2 atom stereocenters. The topological polar surface area (TPSA) is 77.2 Å². The third-order valence-electron chi connectivity index (χ3n) is 4.14. The lowest BCUT2D eigenvalue weighted by Crippen LogP contribution is -2.35. The third-order valence-corrected chi connectivity index (χ3v) is 5.29. The van der Waals surface area contributed by atoms with Crippen molar-refractivity contribution in [1.82, 2.24) is 4.98 Å². The Bertz CT molecular complexity index is 488. The van der Waals surface area contributed by atoms with Crippen LogP contribution >= 0.6 is 11.3 Å². The van der Waals surface area contributed by atoms with Crippen LogP contribution < -0.4 is 11.1 Å². The van der Waals surface area contributed by atoms with Crippen molar-refractivity contribution in [3.8, 4) is 0 Å². The lowest BCUT2D eigenvalue weighted by atomic mass is 9.96. The Labute approximate surface area is 144 Å². The number of nitrogens with one attached hydrogen (secondary N) is 1. The molecule has 6 heteroatoms. The van der Waals surface area contributed by atoms with Gasteiger partial charge in [0.15, 0.2) is 5.13 Å². The second-order valence-corrected chi connectivity index (χ2v) is 7.77. The van der Waals surface area contributed by atoms with Crippen molar-refractivity contribution in [2.75, 3.05) is 12.4 Å². The van der Waals surface area contributed by atoms with Crippen molar-refractivity contribution < 1.29 is 9.53 Å². The van der Waals surface area contributed by atoms with E-state index in [0.29, 0.717) is 17.5 Å². The average molecular weight is 342 g/mol. The number of carbonyl (C=O) groups is 1. The fraction of sp³-hybridized carbons (Fsp3) is 0.765. The number of thiazole rings is 1. The minimum Gasteiger partial charge on any atom is -0.379 e. The molecule has 1 aromatic heterocycles. The molecule has 132 valence electrons. The zero-order valence-corrected chi connectivity index (χ0v) is 15.8. The van der Waals surface area contributed by atoms with Gasteiger partial charge in [-0.25, -0.2) is 4.98 Å². The molecular formula is C17H31N3O2S. The number of hydrogen-bond donors (Lipinski definition) is 2. The quantitative estimate of drug-likeness (QED) is 0.676. The fourth-order valence-corrected chi connectivity index (χ4v) is 3.20. The van der Waals surface area contributed by atoms with Crippen LogP contribution in [0.5, 0.6) is 0 Å². The summed E-state index contributed by atoms with van der Waals surface area (Å²) in [4.78, 5) is 17.4. The Balaban J connectivity index is 2.47. The summed E-state index contributed by atoms with van der Waals surface area (Å²) >= 11 is 1.54. The molecule has 0 spiro atoms. The van der Waals surface area contributed by atoms with Gasteiger partial charge in [-0.2, -0.15) is 0 Å². The molecule has 0 radical (unpaired) electrons. The number of nitrogens with two attached hydrogens (primary N) is 1. The van der Waals surface area contributed by atoms with Gasteiger partial charge in [-0.3, -0.25) is 4.79 Å². The summed E-state index contributed by atoms with van der Waals surface area (Å²) in [7, 11) is 1.75. The monoisotopic (exact) mass is 341 g/mol. The minimum atomic E-state index is -0.457. The predicted octanol–water partition coefficient (Wildman–Crippen LogP) is 3.91. The lowest BCUT2D eigenvalue weighted by Gasteiger charge is -2.23. The summed E-state index contributed by atoms with van der Waals surface area (Å²) in [5, 5.41) is 3.45. The minimum absolute atomic E-state index is 0.0675. The normalized spacial score (nSPS) is 14.5. The number of rotatable bonds is 10. The molecule has 0 saturated carbocycles. The maximum atomic E-state index is 11.9. The highest BCUT2D eigenvalue weighted by Crippen LogP contribution is 2.30. The van der Waals surface area contributed by atoms with Gasteiger partial charge >= 0.3 is 0 Å². The first kappa shape index (κ1) is 20.1. The molecule has 3 N–H and O–H groups in total. The molecule has 1 heterocycles. The first-order chi connectivity index (χ1) is 10.8. The largest absolute Gasteiger partial charge is 0.379 e. The van der Waals surface area contributed by atoms with Crippen LogP contribution in [0.15, 0.2) is 6.20 Å². The van der Waals surface area contributed by atoms with Gasteiger partial charge in [0.25, 0.3) is 0 Å². The molecule has 23 heavy (non-hydrogen) atoms. The predicted molar refractivity (Wildman–Crippen MR) is 97.0 cm³/mol. The van der Waals surface area contributed by atoms with Crippen LogP contribution in [-0.4, -0.2) is 29.6 Å². The molecule has 1 unspecified atom stereocenters. The van der Waals surface area contributed by atoms with Crippen LogP contribution in [0.25, 0.3) is 0 Å². The first-order valence-corrected chi connectivity index (χ1v) is 9.18. The Morgan fingerprint density at radius 2 is 2.17 bits per heavy atom. The van der Waals surface area contributed by atoms with Crippen molar-refractivity contribution in [1.29, 1.82) is 0 Å². The van der Waals surface area contributed by atoms with Crippen molar-refractivity contribution in [3.63, 3.8) is 0 Å². The van der Waals surface area contributed by atoms with E-state index in [2.05, 4.69) is 31.1 Å². The van der Waals surface area contributed by atoms with Crippen LogP contribution in [-0.2, 0) is 9.53 Å². The van der Waals surface area contributed by atoms with Crippen molar-refractivity contribution in [2.24, 2.45) is 5.73 Å². The van der Waals surface area contributed by atoms with E-state index in [1.165, 1.54) is 16.2 Å². The van der Waals surface area contributed by atoms with Crippen molar-refractivity contribution in [3.05, 3.63) is 11.1 Å². The van der Waals surface area contributed by atoms with E-state index in [-0.39, 0.29) is 11.5 Å². The van der Waals surface area contributed by atoms with E-state index in [1.807, 2.05) is 13.1 Å². The molecule has 0 aliphatic carbocycles. The summed E-state index contributed by atoms with van der Waals surface area (Å²) in [6, 6.07) is -0.457. The van der Waals surface area contributed by atoms with Crippen LogP contribution in [0.3, 0.4) is 0 Å². The molecule has 0 fully saturated rings. The smallest absolute Gasteiger partial charge is 0.243 e. The van der Waals surface area contributed by atoms with Gasteiger partial charge in [-0.15, -0.1) is 11.3 Å². The molecule has 5 nitrogen and oxygen atoms in total. The summed E-state index contributed by atoms with van der Waals surface area (Å²) in [5.41, 5.74) is 5.75. The van der Waals surface area contributed by atoms with Crippen molar-refractivity contribution >= 4 is 22.4 Å². The highest BCUT2D eigenvalue weighted by atomic mass is 32.1. The average Bonchev–Trinajstić information content (AvgIpc) is 2.95.